The fraction of sp³-hybridized carbons (Fsp3) is 0.111. The fourth-order valence-electron chi connectivity index (χ4n) is 1.32. The molecule has 0 aliphatic heterocycles. The van der Waals surface area contributed by atoms with Gasteiger partial charge in [-0.3, -0.25) is 9.59 Å². The summed E-state index contributed by atoms with van der Waals surface area (Å²) in [5.74, 6) is -1.06. The Hall–Kier alpha value is -0.860. The maximum Gasteiger partial charge on any atom is 0.242 e. The number of carbonyl (C=O) groups excluding carboxylic acids is 2. The molecule has 1 aliphatic carbocycles. The Balaban J connectivity index is 2.71. The van der Waals surface area contributed by atoms with Crippen molar-refractivity contribution in [1.29, 1.82) is 0 Å². The molecule has 66 valence electrons. The summed E-state index contributed by atoms with van der Waals surface area (Å²) in [4.78, 5) is 22.9. The minimum absolute atomic E-state index is 0.303. The van der Waals surface area contributed by atoms with Crippen molar-refractivity contribution in [1.82, 2.24) is 0 Å². The number of halogens is 2. The van der Waals surface area contributed by atoms with Gasteiger partial charge in [0.2, 0.25) is 15.9 Å². The second kappa shape index (κ2) is 2.56. The molecule has 0 saturated heterocycles. The molecule has 0 N–H and O–H groups in total. The van der Waals surface area contributed by atoms with Gasteiger partial charge < -0.3 is 0 Å². The Bertz CT molecular complexity index is 373. The number of hydrogen-bond acceptors (Lipinski definition) is 2. The van der Waals surface area contributed by atoms with Crippen molar-refractivity contribution in [3.63, 3.8) is 0 Å². The van der Waals surface area contributed by atoms with Crippen molar-refractivity contribution < 1.29 is 9.59 Å². The molecule has 0 amide bonds. The number of fused-ring (bicyclic) bond motifs is 1. The van der Waals surface area contributed by atoms with Crippen molar-refractivity contribution >= 4 is 34.8 Å². The molecule has 0 atom stereocenters. The quantitative estimate of drug-likeness (QED) is 0.491. The van der Waals surface area contributed by atoms with E-state index in [4.69, 9.17) is 23.2 Å². The maximum atomic E-state index is 11.4. The second-order valence-electron chi connectivity index (χ2n) is 2.78. The average molecular weight is 215 g/mol. The average Bonchev–Trinajstić information content (AvgIpc) is 2.30. The van der Waals surface area contributed by atoms with Gasteiger partial charge in [0, 0.05) is 11.1 Å². The van der Waals surface area contributed by atoms with Gasteiger partial charge in [-0.05, 0) is 0 Å². The van der Waals surface area contributed by atoms with Crippen molar-refractivity contribution in [3.05, 3.63) is 35.4 Å². The number of carbonyl (C=O) groups is 2. The fourth-order valence-corrected chi connectivity index (χ4v) is 1.73. The number of ketones is 2. The van der Waals surface area contributed by atoms with Gasteiger partial charge in [0.05, 0.1) is 0 Å². The lowest BCUT2D eigenvalue weighted by Gasteiger charge is -2.05. The van der Waals surface area contributed by atoms with E-state index in [2.05, 4.69) is 0 Å². The molecule has 13 heavy (non-hydrogen) atoms. The molecular weight excluding hydrogens is 211 g/mol. The molecule has 2 nitrogen and oxygen atoms in total. The highest BCUT2D eigenvalue weighted by Gasteiger charge is 2.50. The van der Waals surface area contributed by atoms with Crippen LogP contribution in [0.15, 0.2) is 24.3 Å². The third kappa shape index (κ3) is 1.02. The summed E-state index contributed by atoms with van der Waals surface area (Å²) >= 11 is 11.2. The minimum Gasteiger partial charge on any atom is -0.290 e. The summed E-state index contributed by atoms with van der Waals surface area (Å²) < 4.78 is -1.91. The van der Waals surface area contributed by atoms with Crippen LogP contribution in [0.4, 0.5) is 0 Å². The summed E-state index contributed by atoms with van der Waals surface area (Å²) in [6.45, 7) is 0. The van der Waals surface area contributed by atoms with Crippen molar-refractivity contribution in [2.24, 2.45) is 0 Å². The maximum absolute atomic E-state index is 11.4. The van der Waals surface area contributed by atoms with Gasteiger partial charge >= 0.3 is 0 Å². The first-order valence-corrected chi connectivity index (χ1v) is 4.37. The highest BCUT2D eigenvalue weighted by atomic mass is 35.5. The Morgan fingerprint density at radius 1 is 0.923 bits per heavy atom. The smallest absolute Gasteiger partial charge is 0.242 e. The van der Waals surface area contributed by atoms with Crippen molar-refractivity contribution in [3.8, 4) is 0 Å². The first-order valence-electron chi connectivity index (χ1n) is 3.61. The number of rotatable bonds is 0. The van der Waals surface area contributed by atoms with Crippen LogP contribution in [0.25, 0.3) is 0 Å². The van der Waals surface area contributed by atoms with Crippen LogP contribution in [0.1, 0.15) is 20.7 Å². The van der Waals surface area contributed by atoms with Gasteiger partial charge in [0.15, 0.2) is 0 Å². The lowest BCUT2D eigenvalue weighted by Crippen LogP contribution is -2.27. The Labute approximate surface area is 84.4 Å². The predicted molar refractivity (Wildman–Crippen MR) is 49.5 cm³/mol. The third-order valence-electron chi connectivity index (χ3n) is 1.99. The molecular formula is C9H4Cl2O2. The lowest BCUT2D eigenvalue weighted by molar-refractivity contribution is 0.0908. The predicted octanol–water partition coefficient (Wildman–Crippen LogP) is 2.24. The Morgan fingerprint density at radius 2 is 1.31 bits per heavy atom. The number of benzene rings is 1. The van der Waals surface area contributed by atoms with Gasteiger partial charge in [-0.25, -0.2) is 0 Å². The highest BCUT2D eigenvalue weighted by molar-refractivity contribution is 6.73. The molecule has 0 saturated carbocycles. The van der Waals surface area contributed by atoms with Gasteiger partial charge in [-0.2, -0.15) is 0 Å². The van der Waals surface area contributed by atoms with E-state index in [-0.39, 0.29) is 0 Å². The molecule has 1 aromatic rings. The van der Waals surface area contributed by atoms with E-state index in [0.717, 1.165) is 0 Å². The molecule has 2 rings (SSSR count). The zero-order valence-electron chi connectivity index (χ0n) is 6.38. The second-order valence-corrected chi connectivity index (χ2v) is 4.11. The topological polar surface area (TPSA) is 34.1 Å². The van der Waals surface area contributed by atoms with Crippen LogP contribution in [-0.2, 0) is 0 Å². The van der Waals surface area contributed by atoms with E-state index in [9.17, 15) is 9.59 Å². The van der Waals surface area contributed by atoms with Crippen LogP contribution in [0.3, 0.4) is 0 Å². The largest absolute Gasteiger partial charge is 0.290 e. The molecule has 0 heterocycles. The van der Waals surface area contributed by atoms with E-state index in [0.29, 0.717) is 11.1 Å². The van der Waals surface area contributed by atoms with Crippen molar-refractivity contribution in [2.75, 3.05) is 0 Å². The highest BCUT2D eigenvalue weighted by Crippen LogP contribution is 2.37. The molecule has 4 heteroatoms. The summed E-state index contributed by atoms with van der Waals surface area (Å²) in [5.41, 5.74) is 0.606. The van der Waals surface area contributed by atoms with E-state index in [1.165, 1.54) is 0 Å². The Morgan fingerprint density at radius 3 is 1.69 bits per heavy atom. The lowest BCUT2D eigenvalue weighted by atomic mass is 10.1. The minimum atomic E-state index is -1.91. The molecule has 0 aromatic heterocycles. The van der Waals surface area contributed by atoms with Crippen LogP contribution in [0.5, 0.6) is 0 Å². The summed E-state index contributed by atoms with van der Waals surface area (Å²) in [5, 5.41) is 0. The van der Waals surface area contributed by atoms with Gasteiger partial charge in [0.25, 0.3) is 0 Å². The van der Waals surface area contributed by atoms with E-state index >= 15 is 0 Å². The van der Waals surface area contributed by atoms with Crippen molar-refractivity contribution in [2.45, 2.75) is 4.33 Å². The number of alkyl halides is 2. The van der Waals surface area contributed by atoms with Gasteiger partial charge in [-0.15, -0.1) is 0 Å². The van der Waals surface area contributed by atoms with Crippen LogP contribution in [0.2, 0.25) is 0 Å². The summed E-state index contributed by atoms with van der Waals surface area (Å²) in [6.07, 6.45) is 0. The normalized spacial score (nSPS) is 18.9. The van der Waals surface area contributed by atoms with Crippen LogP contribution >= 0.6 is 23.2 Å². The first kappa shape index (κ1) is 8.73. The number of Topliss-reactive ketones (excluding diaryl/α,β-unsaturated/α-hetero) is 2. The van der Waals surface area contributed by atoms with Gasteiger partial charge in [0.1, 0.15) is 0 Å². The molecule has 0 unspecified atom stereocenters. The standard InChI is InChI=1S/C9H4Cl2O2/c10-9(11)7(12)5-3-1-2-4-6(5)8(9)13/h1-4H. The van der Waals surface area contributed by atoms with E-state index < -0.39 is 15.9 Å². The molecule has 1 aliphatic rings. The van der Waals surface area contributed by atoms with Gasteiger partial charge in [-0.1, -0.05) is 47.5 Å². The number of hydrogen-bond donors (Lipinski definition) is 0. The van der Waals surface area contributed by atoms with Crippen LogP contribution in [0, 0.1) is 0 Å². The first-order chi connectivity index (χ1) is 6.05. The summed E-state index contributed by atoms with van der Waals surface area (Å²) in [7, 11) is 0. The van der Waals surface area contributed by atoms with Crippen LogP contribution in [-0.4, -0.2) is 15.9 Å². The zero-order chi connectivity index (χ0) is 9.64. The zero-order valence-corrected chi connectivity index (χ0v) is 7.89. The monoisotopic (exact) mass is 214 g/mol. The molecule has 1 aromatic carbocycles. The summed E-state index contributed by atoms with van der Waals surface area (Å²) in [6, 6.07) is 6.42. The molecule has 0 bridgehead atoms. The van der Waals surface area contributed by atoms with Crippen LogP contribution < -0.4 is 0 Å². The third-order valence-corrected chi connectivity index (χ3v) is 2.67. The molecule has 0 spiro atoms. The SMILES string of the molecule is O=C1c2ccccc2C(=O)C1(Cl)Cl. The molecule has 0 radical (unpaired) electrons. The van der Waals surface area contributed by atoms with E-state index in [1.807, 2.05) is 0 Å². The Kier molecular flexibility index (Phi) is 1.72. The molecule has 0 fully saturated rings. The van der Waals surface area contributed by atoms with E-state index in [1.54, 1.807) is 24.3 Å².